The molecule has 3 aromatic rings. The van der Waals surface area contributed by atoms with Crippen LogP contribution in [0.15, 0.2) is 12.3 Å². The minimum atomic E-state index is -0.378. The number of rotatable bonds is 5. The molecule has 1 atom stereocenters. The largest absolute Gasteiger partial charge is 0.352 e. The fraction of sp³-hybridized carbons (Fsp3) is 0.500. The Morgan fingerprint density at radius 1 is 1.25 bits per heavy atom. The Morgan fingerprint density at radius 2 is 2.00 bits per heavy atom. The Bertz CT molecular complexity index is 851. The second-order valence-electron chi connectivity index (χ2n) is 6.17. The Morgan fingerprint density at radius 3 is 2.62 bits per heavy atom. The standard InChI is InChI=1S/C16H23N7O/c1-10-8-11(2)22(18-10)7-6-17-16(24)13(4)23-9-14-15(20-23)12(3)19-21(14)5/h8-9,13H,6-7H2,1-5H3,(H,17,24). The molecule has 24 heavy (non-hydrogen) atoms. The van der Waals surface area contributed by atoms with Gasteiger partial charge in [0.15, 0.2) is 0 Å². The second kappa shape index (κ2) is 6.10. The monoisotopic (exact) mass is 329 g/mol. The molecule has 128 valence electrons. The van der Waals surface area contributed by atoms with Crippen molar-refractivity contribution in [2.45, 2.75) is 40.3 Å². The molecule has 3 heterocycles. The van der Waals surface area contributed by atoms with Crippen molar-refractivity contribution in [1.29, 1.82) is 0 Å². The van der Waals surface area contributed by atoms with E-state index in [1.165, 1.54) is 0 Å². The van der Waals surface area contributed by atoms with Gasteiger partial charge in [0.1, 0.15) is 17.1 Å². The summed E-state index contributed by atoms with van der Waals surface area (Å²) in [4.78, 5) is 12.4. The molecule has 1 unspecified atom stereocenters. The summed E-state index contributed by atoms with van der Waals surface area (Å²) in [5.74, 6) is -0.0602. The van der Waals surface area contributed by atoms with Crippen molar-refractivity contribution >= 4 is 16.9 Å². The molecule has 0 aliphatic rings. The number of hydrogen-bond donors (Lipinski definition) is 1. The average molecular weight is 329 g/mol. The Kier molecular flexibility index (Phi) is 4.13. The third-order valence-corrected chi connectivity index (χ3v) is 4.21. The van der Waals surface area contributed by atoms with E-state index in [-0.39, 0.29) is 11.9 Å². The maximum atomic E-state index is 12.4. The predicted octanol–water partition coefficient (Wildman–Crippen LogP) is 1.27. The van der Waals surface area contributed by atoms with Gasteiger partial charge in [-0.15, -0.1) is 0 Å². The van der Waals surface area contributed by atoms with Crippen LogP contribution in [0.5, 0.6) is 0 Å². The molecule has 0 fully saturated rings. The van der Waals surface area contributed by atoms with Crippen molar-refractivity contribution in [2.75, 3.05) is 6.54 Å². The van der Waals surface area contributed by atoms with Crippen LogP contribution >= 0.6 is 0 Å². The van der Waals surface area contributed by atoms with Crippen molar-refractivity contribution in [1.82, 2.24) is 34.7 Å². The van der Waals surface area contributed by atoms with Gasteiger partial charge in [0.05, 0.1) is 24.1 Å². The van der Waals surface area contributed by atoms with Crippen LogP contribution in [0.4, 0.5) is 0 Å². The lowest BCUT2D eigenvalue weighted by molar-refractivity contribution is -0.124. The Hall–Kier alpha value is -2.64. The number of nitrogens with one attached hydrogen (secondary N) is 1. The number of hydrogen-bond acceptors (Lipinski definition) is 4. The lowest BCUT2D eigenvalue weighted by atomic mass is 10.3. The highest BCUT2D eigenvalue weighted by Gasteiger charge is 2.18. The first-order valence-electron chi connectivity index (χ1n) is 8.04. The molecule has 0 aliphatic heterocycles. The quantitative estimate of drug-likeness (QED) is 0.764. The molecule has 0 bridgehead atoms. The van der Waals surface area contributed by atoms with E-state index in [0.717, 1.165) is 28.1 Å². The summed E-state index contributed by atoms with van der Waals surface area (Å²) in [7, 11) is 1.88. The number of aromatic nitrogens is 6. The summed E-state index contributed by atoms with van der Waals surface area (Å²) in [5.41, 5.74) is 4.70. The van der Waals surface area contributed by atoms with Gasteiger partial charge < -0.3 is 5.32 Å². The van der Waals surface area contributed by atoms with E-state index in [2.05, 4.69) is 20.6 Å². The van der Waals surface area contributed by atoms with Crippen LogP contribution in [0.25, 0.3) is 11.0 Å². The highest BCUT2D eigenvalue weighted by Crippen LogP contribution is 2.17. The Balaban J connectivity index is 1.63. The van der Waals surface area contributed by atoms with Crippen LogP contribution in [0.3, 0.4) is 0 Å². The van der Waals surface area contributed by atoms with E-state index >= 15 is 0 Å². The summed E-state index contributed by atoms with van der Waals surface area (Å²) in [6.45, 7) is 8.92. The third kappa shape index (κ3) is 2.91. The minimum Gasteiger partial charge on any atom is -0.352 e. The van der Waals surface area contributed by atoms with E-state index in [4.69, 9.17) is 0 Å². The van der Waals surface area contributed by atoms with Crippen molar-refractivity contribution in [2.24, 2.45) is 7.05 Å². The lowest BCUT2D eigenvalue weighted by Crippen LogP contribution is -2.33. The van der Waals surface area contributed by atoms with Gasteiger partial charge in [-0.25, -0.2) is 0 Å². The zero-order chi connectivity index (χ0) is 17.4. The van der Waals surface area contributed by atoms with Crippen LogP contribution in [0.2, 0.25) is 0 Å². The van der Waals surface area contributed by atoms with Crippen LogP contribution in [-0.4, -0.2) is 41.8 Å². The molecule has 3 aromatic heterocycles. The number of nitrogens with zero attached hydrogens (tertiary/aromatic N) is 6. The molecular weight excluding hydrogens is 306 g/mol. The molecule has 0 saturated carbocycles. The first-order chi connectivity index (χ1) is 11.4. The van der Waals surface area contributed by atoms with Gasteiger partial charge >= 0.3 is 0 Å². The number of carbonyl (C=O) groups is 1. The average Bonchev–Trinajstić information content (AvgIpc) is 3.16. The summed E-state index contributed by atoms with van der Waals surface area (Å²) in [6, 6.07) is 1.65. The van der Waals surface area contributed by atoms with E-state index in [0.29, 0.717) is 13.1 Å². The first-order valence-corrected chi connectivity index (χ1v) is 8.04. The van der Waals surface area contributed by atoms with Crippen molar-refractivity contribution in [3.05, 3.63) is 29.3 Å². The molecular formula is C16H23N7O. The summed E-state index contributed by atoms with van der Waals surface area (Å²) in [6.07, 6.45) is 1.86. The van der Waals surface area contributed by atoms with Crippen LogP contribution in [0, 0.1) is 20.8 Å². The fourth-order valence-electron chi connectivity index (χ4n) is 2.86. The molecule has 1 amide bonds. The minimum absolute atomic E-state index is 0.0602. The SMILES string of the molecule is Cc1cc(C)n(CCNC(=O)C(C)n2cc3c(n2)c(C)nn3C)n1. The number of carbonyl (C=O) groups excluding carboxylic acids is 1. The van der Waals surface area contributed by atoms with Gasteiger partial charge in [-0.1, -0.05) is 0 Å². The highest BCUT2D eigenvalue weighted by atomic mass is 16.2. The van der Waals surface area contributed by atoms with Crippen LogP contribution in [-0.2, 0) is 18.4 Å². The predicted molar refractivity (Wildman–Crippen MR) is 90.7 cm³/mol. The van der Waals surface area contributed by atoms with Crippen molar-refractivity contribution in [3.8, 4) is 0 Å². The summed E-state index contributed by atoms with van der Waals surface area (Å²) < 4.78 is 5.37. The van der Waals surface area contributed by atoms with Gasteiger partial charge in [0.2, 0.25) is 5.91 Å². The molecule has 8 nitrogen and oxygen atoms in total. The maximum absolute atomic E-state index is 12.4. The normalized spacial score (nSPS) is 12.7. The van der Waals surface area contributed by atoms with Crippen molar-refractivity contribution < 1.29 is 4.79 Å². The molecule has 3 rings (SSSR count). The maximum Gasteiger partial charge on any atom is 0.244 e. The van der Waals surface area contributed by atoms with Gasteiger partial charge in [-0.05, 0) is 33.8 Å². The summed E-state index contributed by atoms with van der Waals surface area (Å²) in [5, 5.41) is 16.2. The first kappa shape index (κ1) is 16.2. The third-order valence-electron chi connectivity index (χ3n) is 4.21. The van der Waals surface area contributed by atoms with Crippen LogP contribution in [0.1, 0.15) is 30.0 Å². The van der Waals surface area contributed by atoms with Gasteiger partial charge in [-0.3, -0.25) is 18.8 Å². The molecule has 0 aromatic carbocycles. The number of aryl methyl sites for hydroxylation is 4. The van der Waals surface area contributed by atoms with Gasteiger partial charge in [-0.2, -0.15) is 15.3 Å². The van der Waals surface area contributed by atoms with E-state index < -0.39 is 0 Å². The van der Waals surface area contributed by atoms with Gasteiger partial charge in [0.25, 0.3) is 0 Å². The van der Waals surface area contributed by atoms with Crippen LogP contribution < -0.4 is 5.32 Å². The Labute approximate surface area is 140 Å². The van der Waals surface area contributed by atoms with E-state index in [1.807, 2.05) is 51.7 Å². The lowest BCUT2D eigenvalue weighted by Gasteiger charge is -2.13. The highest BCUT2D eigenvalue weighted by molar-refractivity contribution is 5.81. The number of fused-ring (bicyclic) bond motifs is 1. The summed E-state index contributed by atoms with van der Waals surface area (Å²) >= 11 is 0. The molecule has 0 radical (unpaired) electrons. The molecule has 0 saturated heterocycles. The number of amides is 1. The second-order valence-corrected chi connectivity index (χ2v) is 6.17. The zero-order valence-electron chi connectivity index (χ0n) is 14.7. The van der Waals surface area contributed by atoms with Crippen molar-refractivity contribution in [3.63, 3.8) is 0 Å². The fourth-order valence-corrected chi connectivity index (χ4v) is 2.86. The van der Waals surface area contributed by atoms with Gasteiger partial charge in [0, 0.05) is 19.3 Å². The van der Waals surface area contributed by atoms with E-state index in [1.54, 1.807) is 9.36 Å². The smallest absolute Gasteiger partial charge is 0.244 e. The van der Waals surface area contributed by atoms with E-state index in [9.17, 15) is 4.79 Å². The zero-order valence-corrected chi connectivity index (χ0v) is 14.7. The molecule has 8 heteroatoms. The molecule has 1 N–H and O–H groups in total. The topological polar surface area (TPSA) is 82.6 Å². The molecule has 0 spiro atoms. The molecule has 0 aliphatic carbocycles.